The number of benzene rings is 1. The van der Waals surface area contributed by atoms with E-state index in [0.29, 0.717) is 0 Å². The van der Waals surface area contributed by atoms with E-state index in [9.17, 15) is 24.5 Å². The molecule has 0 radical (unpaired) electrons. The van der Waals surface area contributed by atoms with Crippen molar-refractivity contribution < 1.29 is 24.4 Å². The van der Waals surface area contributed by atoms with E-state index in [0.717, 1.165) is 12.1 Å². The van der Waals surface area contributed by atoms with Crippen LogP contribution in [0.4, 0.5) is 5.69 Å². The summed E-state index contributed by atoms with van der Waals surface area (Å²) < 4.78 is 0. The minimum absolute atomic E-state index is 0.0465. The molecule has 0 bridgehead atoms. The summed E-state index contributed by atoms with van der Waals surface area (Å²) >= 11 is 5.60. The van der Waals surface area contributed by atoms with E-state index >= 15 is 0 Å². The first kappa shape index (κ1) is 16.4. The smallest absolute Gasteiger partial charge is 0.326 e. The molecule has 21 heavy (non-hydrogen) atoms. The molecule has 1 aromatic carbocycles. The number of rotatable bonds is 6. The summed E-state index contributed by atoms with van der Waals surface area (Å²) in [5, 5.41) is 21.8. The van der Waals surface area contributed by atoms with Crippen LogP contribution in [0.15, 0.2) is 18.2 Å². The van der Waals surface area contributed by atoms with Crippen LogP contribution in [0.3, 0.4) is 0 Å². The average Bonchev–Trinajstić information content (AvgIpc) is 2.36. The van der Waals surface area contributed by atoms with Crippen molar-refractivity contribution in [2.45, 2.75) is 12.5 Å². The van der Waals surface area contributed by atoms with Crippen LogP contribution in [0.5, 0.6) is 0 Å². The van der Waals surface area contributed by atoms with Gasteiger partial charge in [-0.3, -0.25) is 19.7 Å². The Morgan fingerprint density at radius 1 is 1.43 bits per heavy atom. The molecule has 0 unspecified atom stereocenters. The van der Waals surface area contributed by atoms with Crippen LogP contribution in [0.2, 0.25) is 5.02 Å². The Hall–Kier alpha value is -2.68. The van der Waals surface area contributed by atoms with Crippen LogP contribution in [-0.2, 0) is 9.59 Å². The number of carboxylic acid groups (broad SMARTS) is 1. The number of hydrogen-bond donors (Lipinski definition) is 3. The van der Waals surface area contributed by atoms with Crippen molar-refractivity contribution in [3.8, 4) is 0 Å². The van der Waals surface area contributed by atoms with Crippen molar-refractivity contribution in [1.29, 1.82) is 0 Å². The summed E-state index contributed by atoms with van der Waals surface area (Å²) in [6, 6.07) is 1.71. The van der Waals surface area contributed by atoms with Crippen molar-refractivity contribution >= 4 is 35.1 Å². The molecule has 112 valence electrons. The Morgan fingerprint density at radius 3 is 2.52 bits per heavy atom. The molecule has 0 aromatic heterocycles. The second-order valence-corrected chi connectivity index (χ2v) is 4.39. The quantitative estimate of drug-likeness (QED) is 0.507. The van der Waals surface area contributed by atoms with Gasteiger partial charge in [0.25, 0.3) is 11.6 Å². The summed E-state index contributed by atoms with van der Waals surface area (Å²) in [5.74, 6) is -3.45. The number of nitro groups is 1. The minimum Gasteiger partial charge on any atom is -0.480 e. The van der Waals surface area contributed by atoms with E-state index in [1.54, 1.807) is 0 Å². The zero-order valence-electron chi connectivity index (χ0n) is 10.4. The van der Waals surface area contributed by atoms with Crippen LogP contribution in [0.25, 0.3) is 0 Å². The highest BCUT2D eigenvalue weighted by Gasteiger charge is 2.26. The van der Waals surface area contributed by atoms with Gasteiger partial charge in [-0.05, 0) is 12.1 Å². The van der Waals surface area contributed by atoms with Gasteiger partial charge < -0.3 is 16.2 Å². The van der Waals surface area contributed by atoms with Crippen LogP contribution in [0.1, 0.15) is 16.8 Å². The lowest BCUT2D eigenvalue weighted by Gasteiger charge is -2.12. The number of halogens is 1. The summed E-state index contributed by atoms with van der Waals surface area (Å²) in [7, 11) is 0. The predicted molar refractivity (Wildman–Crippen MR) is 70.8 cm³/mol. The number of aliphatic carboxylic acids is 1. The molecule has 1 atom stereocenters. The fourth-order valence-corrected chi connectivity index (χ4v) is 1.65. The molecule has 0 aliphatic carbocycles. The maximum Gasteiger partial charge on any atom is 0.326 e. The number of amides is 2. The topological polar surface area (TPSA) is 153 Å². The molecular formula is C11H10ClN3O6. The van der Waals surface area contributed by atoms with Crippen molar-refractivity contribution in [1.82, 2.24) is 5.32 Å². The highest BCUT2D eigenvalue weighted by atomic mass is 35.5. The van der Waals surface area contributed by atoms with Crippen LogP contribution in [0, 0.1) is 10.1 Å². The van der Waals surface area contributed by atoms with Gasteiger partial charge in [-0.25, -0.2) is 4.79 Å². The highest BCUT2D eigenvalue weighted by Crippen LogP contribution is 2.23. The zero-order chi connectivity index (χ0) is 16.2. The molecule has 0 saturated heterocycles. The predicted octanol–water partition coefficient (Wildman–Crippen LogP) is 0.307. The van der Waals surface area contributed by atoms with Gasteiger partial charge in [0.05, 0.1) is 11.3 Å². The maximum absolute atomic E-state index is 11.9. The first-order valence-electron chi connectivity index (χ1n) is 5.48. The van der Waals surface area contributed by atoms with Gasteiger partial charge >= 0.3 is 5.97 Å². The van der Waals surface area contributed by atoms with E-state index < -0.39 is 40.9 Å². The Balaban J connectivity index is 3.05. The molecule has 1 rings (SSSR count). The normalized spacial score (nSPS) is 11.5. The Bertz CT molecular complexity index is 618. The molecule has 0 aliphatic heterocycles. The maximum atomic E-state index is 11.9. The SMILES string of the molecule is NC(=O)C[C@H](NC(=O)c1ccc(Cl)cc1[N+](=O)[O-])C(=O)O. The van der Waals surface area contributed by atoms with Gasteiger partial charge in [0.2, 0.25) is 5.91 Å². The number of carbonyl (C=O) groups excluding carboxylic acids is 2. The molecule has 9 nitrogen and oxygen atoms in total. The van der Waals surface area contributed by atoms with Crippen molar-refractivity contribution in [3.05, 3.63) is 38.9 Å². The lowest BCUT2D eigenvalue weighted by atomic mass is 10.1. The summed E-state index contributed by atoms with van der Waals surface area (Å²) in [4.78, 5) is 43.6. The standard InChI is InChI=1S/C11H10ClN3O6/c12-5-1-2-6(8(3-5)15(20)21)10(17)14-7(11(18)19)4-9(13)16/h1-3,7H,4H2,(H2,13,16)(H,14,17)(H,18,19)/t7-/m0/s1. The molecule has 0 spiro atoms. The van der Waals surface area contributed by atoms with Gasteiger partial charge in [-0.1, -0.05) is 11.6 Å². The second kappa shape index (κ2) is 6.66. The molecular weight excluding hydrogens is 306 g/mol. The largest absolute Gasteiger partial charge is 0.480 e. The van der Waals surface area contributed by atoms with Crippen LogP contribution in [-0.4, -0.2) is 33.9 Å². The second-order valence-electron chi connectivity index (χ2n) is 3.95. The van der Waals surface area contributed by atoms with Crippen molar-refractivity contribution in [2.75, 3.05) is 0 Å². The highest BCUT2D eigenvalue weighted by molar-refractivity contribution is 6.31. The van der Waals surface area contributed by atoms with Crippen LogP contribution >= 0.6 is 11.6 Å². The van der Waals surface area contributed by atoms with E-state index in [2.05, 4.69) is 0 Å². The van der Waals surface area contributed by atoms with Crippen molar-refractivity contribution in [2.24, 2.45) is 5.73 Å². The number of hydrogen-bond acceptors (Lipinski definition) is 5. The molecule has 10 heteroatoms. The fourth-order valence-electron chi connectivity index (χ4n) is 1.49. The van der Waals surface area contributed by atoms with Gasteiger partial charge in [-0.15, -0.1) is 0 Å². The lowest BCUT2D eigenvalue weighted by Crippen LogP contribution is -2.43. The monoisotopic (exact) mass is 315 g/mol. The first-order valence-corrected chi connectivity index (χ1v) is 5.86. The van der Waals surface area contributed by atoms with E-state index in [-0.39, 0.29) is 10.6 Å². The van der Waals surface area contributed by atoms with Gasteiger partial charge in [0.15, 0.2) is 0 Å². The molecule has 0 heterocycles. The zero-order valence-corrected chi connectivity index (χ0v) is 11.2. The van der Waals surface area contributed by atoms with E-state index in [4.69, 9.17) is 22.4 Å². The molecule has 4 N–H and O–H groups in total. The molecule has 0 fully saturated rings. The lowest BCUT2D eigenvalue weighted by molar-refractivity contribution is -0.385. The van der Waals surface area contributed by atoms with Gasteiger partial charge in [0, 0.05) is 11.1 Å². The third-order valence-electron chi connectivity index (χ3n) is 2.41. The number of carboxylic acids is 1. The van der Waals surface area contributed by atoms with E-state index in [1.807, 2.05) is 5.32 Å². The Morgan fingerprint density at radius 2 is 2.05 bits per heavy atom. The Kier molecular flexibility index (Phi) is 5.19. The molecule has 2 amide bonds. The van der Waals surface area contributed by atoms with Gasteiger partial charge in [-0.2, -0.15) is 0 Å². The summed E-state index contributed by atoms with van der Waals surface area (Å²) in [6.07, 6.45) is -0.636. The third-order valence-corrected chi connectivity index (χ3v) is 2.64. The number of nitrogens with two attached hydrogens (primary N) is 1. The number of carbonyl (C=O) groups is 3. The van der Waals surface area contributed by atoms with Crippen LogP contribution < -0.4 is 11.1 Å². The molecule has 0 saturated carbocycles. The van der Waals surface area contributed by atoms with Crippen molar-refractivity contribution in [3.63, 3.8) is 0 Å². The number of nitrogens with one attached hydrogen (secondary N) is 1. The first-order chi connectivity index (χ1) is 9.72. The number of nitrogens with zero attached hydrogens (tertiary/aromatic N) is 1. The van der Waals surface area contributed by atoms with E-state index in [1.165, 1.54) is 6.07 Å². The molecule has 1 aromatic rings. The number of nitro benzene ring substituents is 1. The average molecular weight is 316 g/mol. The van der Waals surface area contributed by atoms with Gasteiger partial charge in [0.1, 0.15) is 11.6 Å². The Labute approximate surface area is 122 Å². The summed E-state index contributed by atoms with van der Waals surface area (Å²) in [6.45, 7) is 0. The fraction of sp³-hybridized carbons (Fsp3) is 0.182. The minimum atomic E-state index is -1.58. The number of primary amides is 1. The molecule has 0 aliphatic rings. The summed E-state index contributed by atoms with van der Waals surface area (Å²) in [5.41, 5.74) is 3.91. The third kappa shape index (κ3) is 4.42.